The van der Waals surface area contributed by atoms with Gasteiger partial charge in [-0.3, -0.25) is 9.78 Å². The van der Waals surface area contributed by atoms with Gasteiger partial charge in [0.1, 0.15) is 5.75 Å². The van der Waals surface area contributed by atoms with Gasteiger partial charge >= 0.3 is 0 Å². The molecule has 1 N–H and O–H groups in total. The Labute approximate surface area is 136 Å². The molecule has 23 heavy (non-hydrogen) atoms. The molecule has 0 aliphatic rings. The van der Waals surface area contributed by atoms with Gasteiger partial charge in [0.05, 0.1) is 6.21 Å². The van der Waals surface area contributed by atoms with Crippen molar-refractivity contribution in [2.75, 3.05) is 6.61 Å². The fraction of sp³-hybridized carbons (Fsp3) is 0.278. The van der Waals surface area contributed by atoms with Crippen molar-refractivity contribution in [1.29, 1.82) is 0 Å². The van der Waals surface area contributed by atoms with Gasteiger partial charge in [0, 0.05) is 18.0 Å². The number of pyridine rings is 1. The average Bonchev–Trinajstić information content (AvgIpc) is 2.53. The minimum absolute atomic E-state index is 0.0841. The van der Waals surface area contributed by atoms with Crippen LogP contribution in [0.25, 0.3) is 0 Å². The van der Waals surface area contributed by atoms with E-state index in [1.807, 2.05) is 30.3 Å². The number of rotatable bonds is 5. The lowest BCUT2D eigenvalue weighted by Gasteiger charge is -2.19. The largest absolute Gasteiger partial charge is 0.484 e. The highest BCUT2D eigenvalue weighted by molar-refractivity contribution is 5.82. The molecule has 1 amide bonds. The van der Waals surface area contributed by atoms with Crippen LogP contribution in [0.1, 0.15) is 31.9 Å². The highest BCUT2D eigenvalue weighted by atomic mass is 16.5. The number of aromatic nitrogens is 1. The number of nitrogens with one attached hydrogen (secondary N) is 1. The number of carbonyl (C=O) groups excluding carboxylic acids is 1. The van der Waals surface area contributed by atoms with Crippen LogP contribution in [0.15, 0.2) is 53.9 Å². The van der Waals surface area contributed by atoms with Crippen molar-refractivity contribution >= 4 is 12.1 Å². The molecule has 0 unspecified atom stereocenters. The molecule has 0 atom stereocenters. The van der Waals surface area contributed by atoms with E-state index in [2.05, 4.69) is 36.3 Å². The predicted octanol–water partition coefficient (Wildman–Crippen LogP) is 2.91. The smallest absolute Gasteiger partial charge is 0.277 e. The van der Waals surface area contributed by atoms with Crippen LogP contribution in [-0.2, 0) is 10.2 Å². The molecular formula is C18H21N3O2. The Morgan fingerprint density at radius 3 is 2.61 bits per heavy atom. The van der Waals surface area contributed by atoms with Gasteiger partial charge in [-0.25, -0.2) is 5.43 Å². The van der Waals surface area contributed by atoms with Crippen molar-refractivity contribution in [3.05, 3.63) is 59.9 Å². The Balaban J connectivity index is 1.79. The molecule has 5 heteroatoms. The highest BCUT2D eigenvalue weighted by Gasteiger charge is 2.13. The monoisotopic (exact) mass is 311 g/mol. The van der Waals surface area contributed by atoms with Crippen LogP contribution >= 0.6 is 0 Å². The molecule has 0 fully saturated rings. The zero-order chi connectivity index (χ0) is 16.7. The standard InChI is InChI=1S/C18H21N3O2/c1-18(2,3)15-6-8-16(9-7-15)23-13-17(22)21-20-12-14-5-4-10-19-11-14/h4-12H,13H2,1-3H3,(H,21,22)/b20-12-. The number of hydrogen-bond acceptors (Lipinski definition) is 4. The minimum atomic E-state index is -0.315. The van der Waals surface area contributed by atoms with Crippen LogP contribution in [0.2, 0.25) is 0 Å². The molecule has 2 aromatic rings. The number of amides is 1. The number of ether oxygens (including phenoxy) is 1. The summed E-state index contributed by atoms with van der Waals surface area (Å²) in [4.78, 5) is 15.6. The third kappa shape index (κ3) is 5.54. The summed E-state index contributed by atoms with van der Waals surface area (Å²) in [5.74, 6) is 0.342. The van der Waals surface area contributed by atoms with E-state index in [0.717, 1.165) is 5.56 Å². The molecule has 5 nitrogen and oxygen atoms in total. The summed E-state index contributed by atoms with van der Waals surface area (Å²) in [7, 11) is 0. The summed E-state index contributed by atoms with van der Waals surface area (Å²) in [6, 6.07) is 11.4. The van der Waals surface area contributed by atoms with E-state index in [1.165, 1.54) is 11.8 Å². The first-order valence-electron chi connectivity index (χ1n) is 7.40. The van der Waals surface area contributed by atoms with Gasteiger partial charge < -0.3 is 4.74 Å². The van der Waals surface area contributed by atoms with Crippen molar-refractivity contribution in [3.63, 3.8) is 0 Å². The second kappa shape index (κ2) is 7.54. The number of nitrogens with zero attached hydrogens (tertiary/aromatic N) is 2. The maximum absolute atomic E-state index is 11.7. The number of carbonyl (C=O) groups is 1. The van der Waals surface area contributed by atoms with E-state index in [0.29, 0.717) is 5.75 Å². The molecule has 0 spiro atoms. The lowest BCUT2D eigenvalue weighted by molar-refractivity contribution is -0.123. The molecule has 0 saturated carbocycles. The van der Waals surface area contributed by atoms with Crippen molar-refractivity contribution in [2.24, 2.45) is 5.10 Å². The van der Waals surface area contributed by atoms with Crippen LogP contribution in [-0.4, -0.2) is 23.7 Å². The third-order valence-corrected chi connectivity index (χ3v) is 3.18. The third-order valence-electron chi connectivity index (χ3n) is 3.18. The fourth-order valence-corrected chi connectivity index (χ4v) is 1.86. The van der Waals surface area contributed by atoms with E-state index in [-0.39, 0.29) is 17.9 Å². The maximum atomic E-state index is 11.7. The molecule has 120 valence electrons. The minimum Gasteiger partial charge on any atom is -0.484 e. The average molecular weight is 311 g/mol. The summed E-state index contributed by atoms with van der Waals surface area (Å²) >= 11 is 0. The Kier molecular flexibility index (Phi) is 5.46. The van der Waals surface area contributed by atoms with Crippen molar-refractivity contribution in [3.8, 4) is 5.75 Å². The quantitative estimate of drug-likeness (QED) is 0.682. The predicted molar refractivity (Wildman–Crippen MR) is 90.6 cm³/mol. The van der Waals surface area contributed by atoms with E-state index < -0.39 is 0 Å². The van der Waals surface area contributed by atoms with Crippen LogP contribution in [0.5, 0.6) is 5.75 Å². The zero-order valence-corrected chi connectivity index (χ0v) is 13.6. The summed E-state index contributed by atoms with van der Waals surface area (Å²) in [6.07, 6.45) is 4.86. The van der Waals surface area contributed by atoms with Gasteiger partial charge in [-0.1, -0.05) is 39.0 Å². The van der Waals surface area contributed by atoms with E-state index in [1.54, 1.807) is 18.5 Å². The highest BCUT2D eigenvalue weighted by Crippen LogP contribution is 2.24. The SMILES string of the molecule is CC(C)(C)c1ccc(OCC(=O)N/N=C\c2cccnc2)cc1. The van der Waals surface area contributed by atoms with Crippen LogP contribution in [0.3, 0.4) is 0 Å². The zero-order valence-electron chi connectivity index (χ0n) is 13.6. The maximum Gasteiger partial charge on any atom is 0.277 e. The summed E-state index contributed by atoms with van der Waals surface area (Å²) < 4.78 is 5.44. The van der Waals surface area contributed by atoms with E-state index in [9.17, 15) is 4.79 Å². The molecule has 0 aliphatic heterocycles. The number of hydrogen-bond donors (Lipinski definition) is 1. The van der Waals surface area contributed by atoms with Gasteiger partial charge in [0.2, 0.25) is 0 Å². The molecule has 1 heterocycles. The molecule has 0 aliphatic carbocycles. The summed E-state index contributed by atoms with van der Waals surface area (Å²) in [5, 5.41) is 3.86. The second-order valence-electron chi connectivity index (χ2n) is 6.14. The Morgan fingerprint density at radius 2 is 2.00 bits per heavy atom. The van der Waals surface area contributed by atoms with Crippen molar-refractivity contribution < 1.29 is 9.53 Å². The van der Waals surface area contributed by atoms with Gasteiger partial charge in [0.15, 0.2) is 6.61 Å². The first-order valence-corrected chi connectivity index (χ1v) is 7.40. The van der Waals surface area contributed by atoms with Crippen LogP contribution in [0.4, 0.5) is 0 Å². The molecule has 1 aromatic carbocycles. The lowest BCUT2D eigenvalue weighted by Crippen LogP contribution is -2.24. The number of benzene rings is 1. The fourth-order valence-electron chi connectivity index (χ4n) is 1.86. The first-order chi connectivity index (χ1) is 10.9. The van der Waals surface area contributed by atoms with Gasteiger partial charge in [0.25, 0.3) is 5.91 Å². The summed E-state index contributed by atoms with van der Waals surface area (Å²) in [5.41, 5.74) is 4.54. The molecule has 0 saturated heterocycles. The second-order valence-corrected chi connectivity index (χ2v) is 6.14. The van der Waals surface area contributed by atoms with Crippen molar-refractivity contribution in [2.45, 2.75) is 26.2 Å². The summed E-state index contributed by atoms with van der Waals surface area (Å²) in [6.45, 7) is 6.36. The topological polar surface area (TPSA) is 63.6 Å². The Bertz CT molecular complexity index is 659. The van der Waals surface area contributed by atoms with E-state index >= 15 is 0 Å². The Morgan fingerprint density at radius 1 is 1.26 bits per heavy atom. The molecular weight excluding hydrogens is 290 g/mol. The molecule has 0 radical (unpaired) electrons. The Hall–Kier alpha value is -2.69. The van der Waals surface area contributed by atoms with Gasteiger partial charge in [-0.15, -0.1) is 0 Å². The lowest BCUT2D eigenvalue weighted by atomic mass is 9.87. The molecule has 0 bridgehead atoms. The van der Waals surface area contributed by atoms with E-state index in [4.69, 9.17) is 4.74 Å². The van der Waals surface area contributed by atoms with Crippen molar-refractivity contribution in [1.82, 2.24) is 10.4 Å². The van der Waals surface area contributed by atoms with Gasteiger partial charge in [-0.2, -0.15) is 5.10 Å². The van der Waals surface area contributed by atoms with Gasteiger partial charge in [-0.05, 0) is 29.2 Å². The number of hydrazone groups is 1. The first kappa shape index (κ1) is 16.7. The van der Waals surface area contributed by atoms with Crippen LogP contribution < -0.4 is 10.2 Å². The normalized spacial score (nSPS) is 11.4. The molecule has 2 rings (SSSR count). The van der Waals surface area contributed by atoms with Crippen LogP contribution in [0, 0.1) is 0 Å². The molecule has 1 aromatic heterocycles.